The minimum atomic E-state index is -0.433. The Bertz CT molecular complexity index is 820. The Balaban J connectivity index is 1.48. The van der Waals surface area contributed by atoms with Gasteiger partial charge in [0.2, 0.25) is 5.82 Å². The first-order valence-corrected chi connectivity index (χ1v) is 7.87. The average Bonchev–Trinajstić information content (AvgIpc) is 3.09. The highest BCUT2D eigenvalue weighted by molar-refractivity contribution is 6.33. The van der Waals surface area contributed by atoms with Gasteiger partial charge in [-0.1, -0.05) is 54.1 Å². The highest BCUT2D eigenvalue weighted by Gasteiger charge is 2.11. The van der Waals surface area contributed by atoms with Gasteiger partial charge in [-0.15, -0.1) is 10.2 Å². The van der Waals surface area contributed by atoms with E-state index >= 15 is 0 Å². The summed E-state index contributed by atoms with van der Waals surface area (Å²) in [5.41, 5.74) is 1.28. The van der Waals surface area contributed by atoms with Crippen molar-refractivity contribution in [2.24, 2.45) is 0 Å². The van der Waals surface area contributed by atoms with Crippen LogP contribution in [0.25, 0.3) is 11.4 Å². The number of hydrogen-bond donors (Lipinski definition) is 0. The lowest BCUT2D eigenvalue weighted by Gasteiger charge is -2.05. The summed E-state index contributed by atoms with van der Waals surface area (Å²) in [4.78, 5) is 13.4. The van der Waals surface area contributed by atoms with Gasteiger partial charge in [-0.05, 0) is 17.3 Å². The molecule has 3 rings (SSSR count). The molecule has 0 aliphatic rings. The molecule has 0 saturated heterocycles. The molecule has 0 atom stereocenters. The molecular weight excluding hydrogens is 328 g/mol. The highest BCUT2D eigenvalue weighted by atomic mass is 35.5. The molecule has 0 aliphatic carbocycles. The van der Waals surface area contributed by atoms with E-state index in [1.54, 1.807) is 24.3 Å². The van der Waals surface area contributed by atoms with E-state index < -0.39 is 5.97 Å². The number of aryl methyl sites for hydroxylation is 1. The van der Waals surface area contributed by atoms with E-state index in [0.29, 0.717) is 29.4 Å². The van der Waals surface area contributed by atoms with Crippen molar-refractivity contribution >= 4 is 17.6 Å². The molecule has 7 heteroatoms. The quantitative estimate of drug-likeness (QED) is 0.508. The molecule has 0 fully saturated rings. The van der Waals surface area contributed by atoms with Crippen LogP contribution in [-0.4, -0.2) is 32.8 Å². The number of hydrogen-bond acceptors (Lipinski definition) is 5. The van der Waals surface area contributed by atoms with Gasteiger partial charge in [-0.2, -0.15) is 4.80 Å². The normalized spacial score (nSPS) is 10.5. The van der Waals surface area contributed by atoms with Crippen molar-refractivity contribution in [2.75, 3.05) is 6.61 Å². The van der Waals surface area contributed by atoms with Crippen molar-refractivity contribution in [3.8, 4) is 11.4 Å². The van der Waals surface area contributed by atoms with Gasteiger partial charge in [0.15, 0.2) is 0 Å². The van der Waals surface area contributed by atoms with Crippen LogP contribution in [0.4, 0.5) is 0 Å². The topological polar surface area (TPSA) is 69.9 Å². The van der Waals surface area contributed by atoms with Crippen LogP contribution in [0.2, 0.25) is 5.02 Å². The molecule has 0 aliphatic heterocycles. The fourth-order valence-electron chi connectivity index (χ4n) is 2.12. The number of carbonyl (C=O) groups is 1. The predicted molar refractivity (Wildman–Crippen MR) is 89.6 cm³/mol. The fourth-order valence-corrected chi connectivity index (χ4v) is 2.33. The zero-order valence-electron chi connectivity index (χ0n) is 12.8. The third-order valence-corrected chi connectivity index (χ3v) is 3.64. The Morgan fingerprint density at radius 1 is 1.08 bits per heavy atom. The summed E-state index contributed by atoms with van der Waals surface area (Å²) in [7, 11) is 0. The number of ether oxygens (including phenoxy) is 1. The monoisotopic (exact) mass is 342 g/mol. The summed E-state index contributed by atoms with van der Waals surface area (Å²) in [6.45, 7) is 0.766. The Labute approximate surface area is 144 Å². The Kier molecular flexibility index (Phi) is 5.18. The molecule has 0 bridgehead atoms. The van der Waals surface area contributed by atoms with E-state index in [-0.39, 0.29) is 6.61 Å². The third kappa shape index (κ3) is 3.97. The van der Waals surface area contributed by atoms with Crippen molar-refractivity contribution in [1.29, 1.82) is 0 Å². The number of tetrazole rings is 1. The summed E-state index contributed by atoms with van der Waals surface area (Å²) in [6, 6.07) is 16.4. The lowest BCUT2D eigenvalue weighted by Crippen LogP contribution is -2.10. The van der Waals surface area contributed by atoms with Gasteiger partial charge < -0.3 is 4.74 Å². The lowest BCUT2D eigenvalue weighted by atomic mass is 10.2. The second kappa shape index (κ2) is 7.70. The number of esters is 1. The van der Waals surface area contributed by atoms with Gasteiger partial charge in [0.25, 0.3) is 0 Å². The lowest BCUT2D eigenvalue weighted by molar-refractivity contribution is 0.0493. The minimum absolute atomic E-state index is 0.256. The molecule has 6 nitrogen and oxygen atoms in total. The van der Waals surface area contributed by atoms with Crippen molar-refractivity contribution in [2.45, 2.75) is 13.0 Å². The summed E-state index contributed by atoms with van der Waals surface area (Å²) >= 11 is 5.96. The molecule has 0 radical (unpaired) electrons. The summed E-state index contributed by atoms with van der Waals surface area (Å²) < 4.78 is 5.21. The number of carbonyl (C=O) groups excluding carboxylic acids is 1. The number of rotatable bonds is 6. The van der Waals surface area contributed by atoms with Gasteiger partial charge in [-0.25, -0.2) is 4.79 Å². The Hall–Kier alpha value is -2.73. The van der Waals surface area contributed by atoms with E-state index in [4.69, 9.17) is 16.3 Å². The maximum atomic E-state index is 11.9. The van der Waals surface area contributed by atoms with Crippen LogP contribution in [0, 0.1) is 0 Å². The van der Waals surface area contributed by atoms with E-state index in [9.17, 15) is 4.79 Å². The molecule has 0 N–H and O–H groups in total. The van der Waals surface area contributed by atoms with Crippen LogP contribution in [-0.2, 0) is 11.3 Å². The predicted octanol–water partition coefficient (Wildman–Crippen LogP) is 3.24. The maximum absolute atomic E-state index is 11.9. The van der Waals surface area contributed by atoms with Gasteiger partial charge in [-0.3, -0.25) is 0 Å². The molecular formula is C17H15ClN4O2. The molecule has 0 spiro atoms. The Morgan fingerprint density at radius 3 is 2.62 bits per heavy atom. The van der Waals surface area contributed by atoms with Gasteiger partial charge in [0.05, 0.1) is 23.7 Å². The maximum Gasteiger partial charge on any atom is 0.339 e. The van der Waals surface area contributed by atoms with Crippen LogP contribution in [0.5, 0.6) is 0 Å². The third-order valence-electron chi connectivity index (χ3n) is 3.31. The molecule has 0 amide bonds. The molecule has 1 aromatic heterocycles. The summed E-state index contributed by atoms with van der Waals surface area (Å²) in [6.07, 6.45) is 0.584. The molecule has 122 valence electrons. The van der Waals surface area contributed by atoms with Crippen LogP contribution in [0.3, 0.4) is 0 Å². The molecule has 3 aromatic rings. The highest BCUT2D eigenvalue weighted by Crippen LogP contribution is 2.16. The van der Waals surface area contributed by atoms with Crippen molar-refractivity contribution < 1.29 is 9.53 Å². The molecule has 1 heterocycles. The fraction of sp³-hybridized carbons (Fsp3) is 0.176. The molecule has 24 heavy (non-hydrogen) atoms. The molecule has 2 aromatic carbocycles. The van der Waals surface area contributed by atoms with E-state index in [1.165, 1.54) is 4.80 Å². The molecule has 0 unspecified atom stereocenters. The van der Waals surface area contributed by atoms with Crippen molar-refractivity contribution in [3.63, 3.8) is 0 Å². The zero-order valence-corrected chi connectivity index (χ0v) is 13.6. The second-order valence-electron chi connectivity index (χ2n) is 5.04. The van der Waals surface area contributed by atoms with E-state index in [0.717, 1.165) is 5.56 Å². The van der Waals surface area contributed by atoms with Gasteiger partial charge >= 0.3 is 5.97 Å². The van der Waals surface area contributed by atoms with Crippen LogP contribution < -0.4 is 0 Å². The van der Waals surface area contributed by atoms with Crippen molar-refractivity contribution in [1.82, 2.24) is 20.2 Å². The number of nitrogens with zero attached hydrogens (tertiary/aromatic N) is 4. The van der Waals surface area contributed by atoms with Gasteiger partial charge in [0, 0.05) is 12.0 Å². The van der Waals surface area contributed by atoms with Crippen LogP contribution in [0.1, 0.15) is 16.8 Å². The summed E-state index contributed by atoms with van der Waals surface area (Å²) in [5, 5.41) is 12.7. The number of halogens is 1. The standard InChI is InChI=1S/C17H15ClN4O2/c18-15-10-5-4-9-14(15)17(23)24-12-6-11-22-20-16(19-21-22)13-7-2-1-3-8-13/h1-5,7-10H,6,11-12H2. The summed E-state index contributed by atoms with van der Waals surface area (Å²) in [5.74, 6) is 0.140. The van der Waals surface area contributed by atoms with Crippen molar-refractivity contribution in [3.05, 3.63) is 65.2 Å². The Morgan fingerprint density at radius 2 is 1.83 bits per heavy atom. The number of benzene rings is 2. The average molecular weight is 343 g/mol. The molecule has 0 saturated carbocycles. The zero-order chi connectivity index (χ0) is 16.8. The SMILES string of the molecule is O=C(OCCCn1nnc(-c2ccccc2)n1)c1ccccc1Cl. The second-order valence-corrected chi connectivity index (χ2v) is 5.45. The smallest absolute Gasteiger partial charge is 0.339 e. The van der Waals surface area contributed by atoms with Crippen LogP contribution >= 0.6 is 11.6 Å². The van der Waals surface area contributed by atoms with Gasteiger partial charge in [0.1, 0.15) is 0 Å². The first kappa shape index (κ1) is 16.1. The largest absolute Gasteiger partial charge is 0.462 e. The van der Waals surface area contributed by atoms with E-state index in [2.05, 4.69) is 15.4 Å². The number of aromatic nitrogens is 4. The minimum Gasteiger partial charge on any atom is -0.462 e. The first-order valence-electron chi connectivity index (χ1n) is 7.49. The van der Waals surface area contributed by atoms with E-state index in [1.807, 2.05) is 30.3 Å². The van der Waals surface area contributed by atoms with Crippen LogP contribution in [0.15, 0.2) is 54.6 Å². The first-order chi connectivity index (χ1) is 11.7.